The van der Waals surface area contributed by atoms with Crippen LogP contribution in [0.4, 0.5) is 0 Å². The fourth-order valence-electron chi connectivity index (χ4n) is 17.8. The van der Waals surface area contributed by atoms with Gasteiger partial charge < -0.3 is 18.3 Å². The summed E-state index contributed by atoms with van der Waals surface area (Å²) in [5.41, 5.74) is 19.5. The summed E-state index contributed by atoms with van der Waals surface area (Å²) in [5, 5.41) is 25.4. The molecule has 0 unspecified atom stereocenters. The minimum Gasteiger partial charge on any atom is -0.309 e. The summed E-state index contributed by atoms with van der Waals surface area (Å²) in [4.78, 5) is 0. The lowest BCUT2D eigenvalue weighted by Crippen LogP contribution is -1.95. The summed E-state index contributed by atoms with van der Waals surface area (Å²) in [6.45, 7) is 0. The van der Waals surface area contributed by atoms with Gasteiger partial charge in [-0.15, -0.1) is 22.7 Å². The number of thiophene rings is 2. The second-order valence-electron chi connectivity index (χ2n) is 28.2. The molecule has 0 aliphatic heterocycles. The SMILES string of the molecule is c1ccc2c(-n3c4ccccc4c4cc(-c5ccc6c(c5)c5cc7c(cc5n6-c5cccc6ccccc56)sc5ccccc57)ccc43)cccc2c1.c1ccc2c(-n3c4ccccc4c4cc(-c5ccc6c(c5)c5cc7sc8ccccc8c7cc5n6-c5cccc6ccccc56)ccc43)cccc2c1. The lowest BCUT2D eigenvalue weighted by atomic mass is 10.00. The third-order valence-corrected chi connectivity index (χ3v) is 24.8. The number of para-hydroxylation sites is 2. The van der Waals surface area contributed by atoms with Gasteiger partial charge in [-0.25, -0.2) is 0 Å². The third-order valence-electron chi connectivity index (χ3n) is 22.6. The average molecular weight is 1380 g/mol. The predicted octanol–water partition coefficient (Wildman–Crippen LogP) is 28.4. The minimum absolute atomic E-state index is 1.21. The summed E-state index contributed by atoms with van der Waals surface area (Å²) >= 11 is 3.77. The molecule has 24 aromatic rings. The van der Waals surface area contributed by atoms with Crippen LogP contribution in [0.2, 0.25) is 0 Å². The Morgan fingerprint density at radius 2 is 0.406 bits per heavy atom. The highest BCUT2D eigenvalue weighted by Gasteiger charge is 2.23. The molecule has 0 aliphatic carbocycles. The van der Waals surface area contributed by atoms with Gasteiger partial charge in [0.15, 0.2) is 0 Å². The molecule has 4 nitrogen and oxygen atoms in total. The number of aromatic nitrogens is 4. The first-order valence-corrected chi connectivity index (χ1v) is 38.0. The topological polar surface area (TPSA) is 19.7 Å². The van der Waals surface area contributed by atoms with Crippen molar-refractivity contribution in [3.8, 4) is 45.0 Å². The van der Waals surface area contributed by atoms with E-state index in [0.717, 1.165) is 0 Å². The number of hydrogen-bond acceptors (Lipinski definition) is 2. The van der Waals surface area contributed by atoms with Crippen LogP contribution in [-0.4, -0.2) is 18.3 Å². The van der Waals surface area contributed by atoms with E-state index in [-0.39, 0.29) is 0 Å². The molecule has 0 saturated carbocycles. The van der Waals surface area contributed by atoms with Gasteiger partial charge in [-0.3, -0.25) is 0 Å². The highest BCUT2D eigenvalue weighted by Crippen LogP contribution is 2.47. The van der Waals surface area contributed by atoms with Crippen LogP contribution >= 0.6 is 22.7 Å². The van der Waals surface area contributed by atoms with Crippen molar-refractivity contribution in [2.45, 2.75) is 0 Å². The monoisotopic (exact) mass is 1380 g/mol. The van der Waals surface area contributed by atoms with E-state index in [1.54, 1.807) is 0 Å². The quantitative estimate of drug-likeness (QED) is 0.158. The maximum Gasteiger partial charge on any atom is 0.0555 e. The van der Waals surface area contributed by atoms with Gasteiger partial charge in [0.1, 0.15) is 0 Å². The van der Waals surface area contributed by atoms with Crippen molar-refractivity contribution < 1.29 is 0 Å². The average Bonchev–Trinajstić information content (AvgIpc) is 1.63. The molecule has 0 spiro atoms. The van der Waals surface area contributed by atoms with Gasteiger partial charge in [-0.05, 0) is 165 Å². The Kier molecular flexibility index (Phi) is 12.9. The number of nitrogens with zero attached hydrogens (tertiary/aromatic N) is 4. The van der Waals surface area contributed by atoms with Gasteiger partial charge in [0, 0.05) is 105 Å². The summed E-state index contributed by atoms with van der Waals surface area (Å²) in [6, 6.07) is 135. The lowest BCUT2D eigenvalue weighted by Gasteiger charge is -2.12. The minimum atomic E-state index is 1.21. The number of fused-ring (bicyclic) bond motifs is 22. The van der Waals surface area contributed by atoms with E-state index in [1.165, 1.54) is 216 Å². The highest BCUT2D eigenvalue weighted by molar-refractivity contribution is 7.26. The van der Waals surface area contributed by atoms with E-state index in [4.69, 9.17) is 0 Å². The van der Waals surface area contributed by atoms with E-state index in [0.29, 0.717) is 0 Å². The molecule has 106 heavy (non-hydrogen) atoms. The Balaban J connectivity index is 0.000000129. The van der Waals surface area contributed by atoms with Crippen LogP contribution in [0.3, 0.4) is 0 Å². The van der Waals surface area contributed by atoms with Gasteiger partial charge in [0.05, 0.1) is 66.9 Å². The zero-order chi connectivity index (χ0) is 69.2. The first-order chi connectivity index (χ1) is 52.6. The van der Waals surface area contributed by atoms with Gasteiger partial charge in [0.25, 0.3) is 0 Å². The van der Waals surface area contributed by atoms with E-state index in [9.17, 15) is 0 Å². The molecule has 0 saturated heterocycles. The van der Waals surface area contributed by atoms with Crippen LogP contribution < -0.4 is 0 Å². The molecule has 492 valence electrons. The molecule has 0 fully saturated rings. The van der Waals surface area contributed by atoms with Crippen LogP contribution in [0.1, 0.15) is 0 Å². The van der Waals surface area contributed by atoms with Gasteiger partial charge in [0.2, 0.25) is 0 Å². The zero-order valence-electron chi connectivity index (χ0n) is 57.2. The van der Waals surface area contributed by atoms with Crippen molar-refractivity contribution in [1.29, 1.82) is 0 Å². The Labute approximate surface area is 616 Å². The van der Waals surface area contributed by atoms with Crippen LogP contribution in [-0.2, 0) is 0 Å². The van der Waals surface area contributed by atoms with Crippen LogP contribution in [0.5, 0.6) is 0 Å². The molecule has 24 rings (SSSR count). The molecule has 6 heterocycles. The molecule has 0 radical (unpaired) electrons. The Morgan fingerprint density at radius 3 is 0.802 bits per heavy atom. The maximum absolute atomic E-state index is 2.49. The van der Waals surface area contributed by atoms with Crippen LogP contribution in [0.25, 0.3) is 216 Å². The van der Waals surface area contributed by atoms with E-state index >= 15 is 0 Å². The number of benzene rings is 18. The number of hydrogen-bond donors (Lipinski definition) is 0. The lowest BCUT2D eigenvalue weighted by molar-refractivity contribution is 1.20. The molecule has 6 aromatic heterocycles. The third kappa shape index (κ3) is 8.86. The smallest absolute Gasteiger partial charge is 0.0555 e. The molecule has 0 N–H and O–H groups in total. The molecule has 0 aliphatic rings. The van der Waals surface area contributed by atoms with Crippen molar-refractivity contribution >= 4 is 193 Å². The van der Waals surface area contributed by atoms with Crippen molar-refractivity contribution in [3.63, 3.8) is 0 Å². The molecule has 0 amide bonds. The van der Waals surface area contributed by atoms with E-state index in [2.05, 4.69) is 382 Å². The van der Waals surface area contributed by atoms with Crippen molar-refractivity contribution in [2.75, 3.05) is 0 Å². The number of rotatable bonds is 6. The fourth-order valence-corrected chi connectivity index (χ4v) is 20.0. The highest BCUT2D eigenvalue weighted by atomic mass is 32.1. The maximum atomic E-state index is 2.49. The molecule has 18 aromatic carbocycles. The van der Waals surface area contributed by atoms with Gasteiger partial charge in [-0.1, -0.05) is 243 Å². The second kappa shape index (κ2) is 23.1. The second-order valence-corrected chi connectivity index (χ2v) is 30.4. The van der Waals surface area contributed by atoms with Crippen molar-refractivity contribution in [1.82, 2.24) is 18.3 Å². The zero-order valence-corrected chi connectivity index (χ0v) is 58.9. The summed E-state index contributed by atoms with van der Waals surface area (Å²) in [5.74, 6) is 0. The first kappa shape index (κ1) is 59.2. The van der Waals surface area contributed by atoms with E-state index in [1.807, 2.05) is 22.7 Å². The Hall–Kier alpha value is -13.4. The first-order valence-electron chi connectivity index (χ1n) is 36.4. The standard InChI is InChI=1S/2C50H30N2S/c1-3-15-35-31(11-1)13-9-20-43(35)51-45-19-7-5-17-37(45)39-27-33(23-25-46(39)51)34-24-26-47-40(28-34)41-30-50-42(38-18-6-8-22-49(38)53-50)29-48(41)52(47)44-21-10-14-32-12-2-4-16-36(32)44;1-3-15-35-31(11-1)13-9-20-43(35)51-45-19-7-5-17-37(45)39-27-33(23-25-46(39)51)34-24-26-47-40(28-34)41-29-42-38-18-6-8-22-49(38)53-50(42)30-48(41)52(47)44-21-10-14-32-12-2-4-16-36(32)44/h2*1-30H. The molecule has 0 atom stereocenters. The normalized spacial score (nSPS) is 12.2. The fraction of sp³-hybridized carbons (Fsp3) is 0. The van der Waals surface area contributed by atoms with Crippen molar-refractivity contribution in [3.05, 3.63) is 364 Å². The predicted molar refractivity (Wildman–Crippen MR) is 457 cm³/mol. The molecular formula is C100H60N4S2. The van der Waals surface area contributed by atoms with Gasteiger partial charge >= 0.3 is 0 Å². The van der Waals surface area contributed by atoms with Crippen molar-refractivity contribution in [2.24, 2.45) is 0 Å². The molecular weight excluding hydrogens is 1320 g/mol. The summed E-state index contributed by atoms with van der Waals surface area (Å²) in [6.07, 6.45) is 0. The van der Waals surface area contributed by atoms with Gasteiger partial charge in [-0.2, -0.15) is 0 Å². The Bertz CT molecular complexity index is 7830. The van der Waals surface area contributed by atoms with Crippen LogP contribution in [0.15, 0.2) is 364 Å². The molecule has 6 heteroatoms. The summed E-state index contributed by atoms with van der Waals surface area (Å²) in [7, 11) is 0. The van der Waals surface area contributed by atoms with Crippen LogP contribution in [0, 0.1) is 0 Å². The van der Waals surface area contributed by atoms with E-state index < -0.39 is 0 Å². The molecule has 0 bridgehead atoms. The largest absolute Gasteiger partial charge is 0.309 e. The Morgan fingerprint density at radius 1 is 0.142 bits per heavy atom. The summed E-state index contributed by atoms with van der Waals surface area (Å²) < 4.78 is 15.1.